The van der Waals surface area contributed by atoms with Crippen LogP contribution in [-0.4, -0.2) is 0 Å². The van der Waals surface area contributed by atoms with Crippen LogP contribution in [0.4, 0.5) is 0 Å². The Balaban J connectivity index is 1.98. The van der Waals surface area contributed by atoms with Gasteiger partial charge in [0.15, 0.2) is 0 Å². The molecule has 0 aliphatic heterocycles. The van der Waals surface area contributed by atoms with E-state index in [1.165, 1.54) is 5.57 Å². The largest absolute Gasteiger partial charge is 0.462 e. The molecule has 2 aliphatic carbocycles. The van der Waals surface area contributed by atoms with Gasteiger partial charge in [-0.15, -0.1) is 0 Å². The van der Waals surface area contributed by atoms with E-state index in [-0.39, 0.29) is 0 Å². The Hall–Kier alpha value is -1.24. The summed E-state index contributed by atoms with van der Waals surface area (Å²) >= 11 is 0. The Bertz CT molecular complexity index is 329. The molecule has 1 nitrogen and oxygen atoms in total. The summed E-state index contributed by atoms with van der Waals surface area (Å²) in [4.78, 5) is 0. The average Bonchev–Trinajstić information content (AvgIpc) is 2.23. The molecule has 0 atom stereocenters. The third kappa shape index (κ3) is 2.38. The van der Waals surface area contributed by atoms with Crippen LogP contribution in [0.5, 0.6) is 0 Å². The van der Waals surface area contributed by atoms with Gasteiger partial charge in [-0.05, 0) is 44.4 Å². The van der Waals surface area contributed by atoms with E-state index < -0.39 is 0 Å². The average molecular weight is 188 g/mol. The molecule has 14 heavy (non-hydrogen) atoms. The molecule has 0 amide bonds. The first kappa shape index (κ1) is 9.32. The van der Waals surface area contributed by atoms with E-state index in [0.29, 0.717) is 0 Å². The van der Waals surface area contributed by atoms with Gasteiger partial charge in [0.2, 0.25) is 0 Å². The van der Waals surface area contributed by atoms with Crippen molar-refractivity contribution in [1.29, 1.82) is 0 Å². The van der Waals surface area contributed by atoms with Crippen molar-refractivity contribution in [2.45, 2.75) is 32.6 Å². The zero-order valence-corrected chi connectivity index (χ0v) is 8.62. The highest BCUT2D eigenvalue weighted by Crippen LogP contribution is 2.22. The topological polar surface area (TPSA) is 9.23 Å². The van der Waals surface area contributed by atoms with Crippen molar-refractivity contribution in [3.05, 3.63) is 47.5 Å². The lowest BCUT2D eigenvalue weighted by atomic mass is 10.1. The van der Waals surface area contributed by atoms with Gasteiger partial charge in [-0.3, -0.25) is 0 Å². The summed E-state index contributed by atoms with van der Waals surface area (Å²) in [5.41, 5.74) is 1.44. The normalized spacial score (nSPS) is 21.1. The molecule has 0 spiro atoms. The SMILES string of the molecule is CC1=CC=C(OC2=CCCC=C2)CC1. The molecule has 0 aromatic carbocycles. The lowest BCUT2D eigenvalue weighted by Crippen LogP contribution is -1.97. The molecule has 2 aliphatic rings. The summed E-state index contributed by atoms with van der Waals surface area (Å²) in [6.07, 6.45) is 15.0. The molecule has 0 unspecified atom stereocenters. The first-order valence-electron chi connectivity index (χ1n) is 5.25. The second-order valence-electron chi connectivity index (χ2n) is 3.83. The molecular formula is C13H16O. The quantitative estimate of drug-likeness (QED) is 0.639. The predicted octanol–water partition coefficient (Wildman–Crippen LogP) is 3.86. The van der Waals surface area contributed by atoms with Crippen LogP contribution in [0.1, 0.15) is 32.6 Å². The summed E-state index contributed by atoms with van der Waals surface area (Å²) in [6.45, 7) is 2.16. The molecule has 74 valence electrons. The van der Waals surface area contributed by atoms with Crippen LogP contribution in [0.2, 0.25) is 0 Å². The van der Waals surface area contributed by atoms with Gasteiger partial charge in [0, 0.05) is 6.42 Å². The van der Waals surface area contributed by atoms with E-state index in [1.54, 1.807) is 0 Å². The lowest BCUT2D eigenvalue weighted by Gasteiger charge is -2.15. The molecule has 0 N–H and O–H groups in total. The standard InChI is InChI=1S/C13H16O/c1-11-7-9-13(10-8-11)14-12-5-3-2-4-6-12/h3,5-7,9H,2,4,8,10H2,1H3. The Kier molecular flexibility index (Phi) is 2.87. The zero-order chi connectivity index (χ0) is 9.80. The molecule has 0 saturated heterocycles. The van der Waals surface area contributed by atoms with Crippen molar-refractivity contribution in [2.75, 3.05) is 0 Å². The molecule has 0 aromatic rings. The van der Waals surface area contributed by atoms with E-state index in [9.17, 15) is 0 Å². The van der Waals surface area contributed by atoms with Crippen LogP contribution in [0.15, 0.2) is 47.5 Å². The smallest absolute Gasteiger partial charge is 0.122 e. The summed E-state index contributed by atoms with van der Waals surface area (Å²) in [5, 5.41) is 0. The number of ether oxygens (including phenoxy) is 1. The van der Waals surface area contributed by atoms with E-state index >= 15 is 0 Å². The van der Waals surface area contributed by atoms with Gasteiger partial charge in [-0.25, -0.2) is 0 Å². The fraction of sp³-hybridized carbons (Fsp3) is 0.385. The third-order valence-electron chi connectivity index (χ3n) is 2.53. The Morgan fingerprint density at radius 3 is 2.71 bits per heavy atom. The van der Waals surface area contributed by atoms with Crippen molar-refractivity contribution in [2.24, 2.45) is 0 Å². The van der Waals surface area contributed by atoms with E-state index in [4.69, 9.17) is 4.74 Å². The first-order valence-corrected chi connectivity index (χ1v) is 5.25. The van der Waals surface area contributed by atoms with Crippen molar-refractivity contribution in [1.82, 2.24) is 0 Å². The Morgan fingerprint density at radius 1 is 1.14 bits per heavy atom. The van der Waals surface area contributed by atoms with Crippen LogP contribution in [0, 0.1) is 0 Å². The lowest BCUT2D eigenvalue weighted by molar-refractivity contribution is 0.300. The predicted molar refractivity (Wildman–Crippen MR) is 58.6 cm³/mol. The Labute approximate surface area is 85.5 Å². The van der Waals surface area contributed by atoms with E-state index in [1.807, 2.05) is 0 Å². The number of hydrogen-bond donors (Lipinski definition) is 0. The van der Waals surface area contributed by atoms with Gasteiger partial charge in [-0.2, -0.15) is 0 Å². The van der Waals surface area contributed by atoms with Gasteiger partial charge in [0.1, 0.15) is 11.5 Å². The van der Waals surface area contributed by atoms with Crippen molar-refractivity contribution < 1.29 is 4.74 Å². The summed E-state index contributed by atoms with van der Waals surface area (Å²) in [5.74, 6) is 2.10. The Morgan fingerprint density at radius 2 is 2.07 bits per heavy atom. The van der Waals surface area contributed by atoms with Gasteiger partial charge in [0.25, 0.3) is 0 Å². The van der Waals surface area contributed by atoms with Crippen LogP contribution >= 0.6 is 0 Å². The molecule has 0 heterocycles. The van der Waals surface area contributed by atoms with E-state index in [0.717, 1.165) is 37.2 Å². The van der Waals surface area contributed by atoms with Crippen LogP contribution in [0.3, 0.4) is 0 Å². The monoisotopic (exact) mass is 188 g/mol. The van der Waals surface area contributed by atoms with Gasteiger partial charge in [-0.1, -0.05) is 17.7 Å². The summed E-state index contributed by atoms with van der Waals surface area (Å²) in [7, 11) is 0. The molecule has 2 rings (SSSR count). The van der Waals surface area contributed by atoms with Crippen LogP contribution in [0.25, 0.3) is 0 Å². The fourth-order valence-electron chi connectivity index (χ4n) is 1.62. The summed E-state index contributed by atoms with van der Waals surface area (Å²) in [6, 6.07) is 0. The van der Waals surface area contributed by atoms with Crippen molar-refractivity contribution >= 4 is 0 Å². The molecule has 0 bridgehead atoms. The van der Waals surface area contributed by atoms with Gasteiger partial charge >= 0.3 is 0 Å². The molecule has 0 fully saturated rings. The molecular weight excluding hydrogens is 172 g/mol. The second-order valence-corrected chi connectivity index (χ2v) is 3.83. The molecule has 1 heteroatoms. The number of hydrogen-bond acceptors (Lipinski definition) is 1. The van der Waals surface area contributed by atoms with Gasteiger partial charge < -0.3 is 4.74 Å². The van der Waals surface area contributed by atoms with Crippen molar-refractivity contribution in [3.63, 3.8) is 0 Å². The highest BCUT2D eigenvalue weighted by molar-refractivity contribution is 5.23. The van der Waals surface area contributed by atoms with Crippen molar-refractivity contribution in [3.8, 4) is 0 Å². The number of allylic oxidation sites excluding steroid dienone is 7. The maximum atomic E-state index is 5.77. The maximum absolute atomic E-state index is 5.77. The minimum atomic E-state index is 1.01. The molecule has 0 aromatic heterocycles. The summed E-state index contributed by atoms with van der Waals surface area (Å²) < 4.78 is 5.77. The highest BCUT2D eigenvalue weighted by Gasteiger charge is 2.06. The third-order valence-corrected chi connectivity index (χ3v) is 2.53. The first-order chi connectivity index (χ1) is 6.84. The molecule has 0 radical (unpaired) electrons. The van der Waals surface area contributed by atoms with Gasteiger partial charge in [0.05, 0.1) is 0 Å². The fourth-order valence-corrected chi connectivity index (χ4v) is 1.62. The number of rotatable bonds is 2. The van der Waals surface area contributed by atoms with Crippen LogP contribution < -0.4 is 0 Å². The van der Waals surface area contributed by atoms with E-state index in [2.05, 4.69) is 37.3 Å². The molecule has 0 saturated carbocycles. The maximum Gasteiger partial charge on any atom is 0.122 e. The second kappa shape index (κ2) is 4.32. The van der Waals surface area contributed by atoms with Crippen LogP contribution in [-0.2, 0) is 4.74 Å². The minimum Gasteiger partial charge on any atom is -0.462 e. The highest BCUT2D eigenvalue weighted by atomic mass is 16.5. The zero-order valence-electron chi connectivity index (χ0n) is 8.62. The minimum absolute atomic E-state index is 1.01.